The number of aliphatic hydroxyl groups excluding tert-OH is 1. The van der Waals surface area contributed by atoms with Crippen LogP contribution >= 0.6 is 0 Å². The summed E-state index contributed by atoms with van der Waals surface area (Å²) in [5, 5.41) is 27.1. The summed E-state index contributed by atoms with van der Waals surface area (Å²) >= 11 is 0. The molecule has 180 valence electrons. The van der Waals surface area contributed by atoms with Crippen molar-refractivity contribution in [2.24, 2.45) is 0 Å². The van der Waals surface area contributed by atoms with Crippen molar-refractivity contribution in [2.45, 2.75) is 38.6 Å². The summed E-state index contributed by atoms with van der Waals surface area (Å²) < 4.78 is 11.6. The highest BCUT2D eigenvalue weighted by Gasteiger charge is 2.42. The van der Waals surface area contributed by atoms with Gasteiger partial charge in [-0.25, -0.2) is 0 Å². The van der Waals surface area contributed by atoms with Gasteiger partial charge < -0.3 is 24.6 Å². The number of nitrogens with one attached hydrogen (secondary N) is 1. The molecular weight excluding hydrogens is 434 g/mol. The van der Waals surface area contributed by atoms with Gasteiger partial charge in [-0.15, -0.1) is 0 Å². The lowest BCUT2D eigenvalue weighted by Crippen LogP contribution is -2.31. The molecule has 0 fully saturated rings. The highest BCUT2D eigenvalue weighted by Crippen LogP contribution is 2.45. The van der Waals surface area contributed by atoms with Gasteiger partial charge in [-0.2, -0.15) is 5.10 Å². The third kappa shape index (κ3) is 4.46. The van der Waals surface area contributed by atoms with E-state index < -0.39 is 6.04 Å². The van der Waals surface area contributed by atoms with Gasteiger partial charge in [0, 0.05) is 24.3 Å². The van der Waals surface area contributed by atoms with Gasteiger partial charge in [-0.05, 0) is 42.7 Å². The first-order chi connectivity index (χ1) is 16.6. The molecule has 8 heteroatoms. The van der Waals surface area contributed by atoms with E-state index in [-0.39, 0.29) is 18.3 Å². The molecule has 4 rings (SSSR count). The van der Waals surface area contributed by atoms with E-state index in [0.29, 0.717) is 53.6 Å². The Hall–Kier alpha value is -3.52. The van der Waals surface area contributed by atoms with Crippen LogP contribution in [0.5, 0.6) is 17.2 Å². The maximum atomic E-state index is 13.3. The van der Waals surface area contributed by atoms with Crippen LogP contribution in [-0.2, 0) is 0 Å². The zero-order valence-corrected chi connectivity index (χ0v) is 19.6. The number of ether oxygens (including phenoxy) is 2. The lowest BCUT2D eigenvalue weighted by atomic mass is 9.95. The van der Waals surface area contributed by atoms with Gasteiger partial charge in [-0.1, -0.05) is 38.0 Å². The number of para-hydroxylation sites is 1. The molecule has 8 nitrogen and oxygen atoms in total. The van der Waals surface area contributed by atoms with Crippen molar-refractivity contribution in [3.05, 3.63) is 59.3 Å². The molecule has 0 bridgehead atoms. The minimum absolute atomic E-state index is 0.0249. The van der Waals surface area contributed by atoms with E-state index in [1.54, 1.807) is 30.2 Å². The number of carbonyl (C=O) groups excluding carboxylic acids is 1. The number of rotatable bonds is 11. The number of methoxy groups -OCH3 is 1. The second kappa shape index (κ2) is 10.6. The van der Waals surface area contributed by atoms with Crippen LogP contribution in [0.4, 0.5) is 0 Å². The van der Waals surface area contributed by atoms with Crippen molar-refractivity contribution in [2.75, 3.05) is 26.9 Å². The number of hydrogen-bond donors (Lipinski definition) is 3. The quantitative estimate of drug-likeness (QED) is 0.365. The SMILES string of the molecule is CCCCCOc1ccc([C@H]2c3c(-c4ccccc4O)n[nH]c3C(=O)N2CCCO)cc1OC. The van der Waals surface area contributed by atoms with Crippen LogP contribution in [-0.4, -0.2) is 58.1 Å². The topological polar surface area (TPSA) is 108 Å². The van der Waals surface area contributed by atoms with Crippen molar-refractivity contribution in [3.63, 3.8) is 0 Å². The maximum absolute atomic E-state index is 13.3. The molecule has 0 unspecified atom stereocenters. The van der Waals surface area contributed by atoms with E-state index in [0.717, 1.165) is 24.8 Å². The number of phenolic OH excluding ortho intramolecular Hbond substituents is 1. The zero-order valence-electron chi connectivity index (χ0n) is 19.6. The summed E-state index contributed by atoms with van der Waals surface area (Å²) in [5.74, 6) is 1.14. The average molecular weight is 466 g/mol. The Kier molecular flexibility index (Phi) is 7.37. The number of fused-ring (bicyclic) bond motifs is 1. The fourth-order valence-corrected chi connectivity index (χ4v) is 4.40. The first kappa shape index (κ1) is 23.6. The number of aromatic nitrogens is 2. The predicted octanol–water partition coefficient (Wildman–Crippen LogP) is 4.29. The van der Waals surface area contributed by atoms with Crippen molar-refractivity contribution >= 4 is 5.91 Å². The molecule has 1 aliphatic heterocycles. The number of hydrogen-bond acceptors (Lipinski definition) is 6. The second-order valence-electron chi connectivity index (χ2n) is 8.32. The first-order valence-electron chi connectivity index (χ1n) is 11.7. The summed E-state index contributed by atoms with van der Waals surface area (Å²) in [6.45, 7) is 3.11. The highest BCUT2D eigenvalue weighted by atomic mass is 16.5. The number of amides is 1. The molecule has 3 N–H and O–H groups in total. The standard InChI is InChI=1S/C26H31N3O5/c1-3-4-7-15-34-20-12-11-17(16-21(20)33-2)25-22-23(18-9-5-6-10-19(18)31)27-28-24(22)26(32)29(25)13-8-14-30/h5-6,9-12,16,25,30-31H,3-4,7-8,13-15H2,1-2H3,(H,27,28)/t25-/m0/s1. The molecule has 1 aromatic heterocycles. The van der Waals surface area contributed by atoms with Crippen molar-refractivity contribution in [1.82, 2.24) is 15.1 Å². The molecule has 34 heavy (non-hydrogen) atoms. The fraction of sp³-hybridized carbons (Fsp3) is 0.385. The molecular formula is C26H31N3O5. The van der Waals surface area contributed by atoms with Crippen LogP contribution in [0.1, 0.15) is 60.3 Å². The number of aliphatic hydroxyl groups is 1. The van der Waals surface area contributed by atoms with Crippen LogP contribution < -0.4 is 9.47 Å². The zero-order chi connectivity index (χ0) is 24.1. The van der Waals surface area contributed by atoms with E-state index >= 15 is 0 Å². The minimum atomic E-state index is -0.453. The predicted molar refractivity (Wildman–Crippen MR) is 128 cm³/mol. The van der Waals surface area contributed by atoms with Gasteiger partial charge in [0.25, 0.3) is 5.91 Å². The number of phenols is 1. The third-order valence-corrected chi connectivity index (χ3v) is 6.09. The molecule has 2 heterocycles. The van der Waals surface area contributed by atoms with Crippen LogP contribution in [0.15, 0.2) is 42.5 Å². The minimum Gasteiger partial charge on any atom is -0.507 e. The van der Waals surface area contributed by atoms with Gasteiger partial charge in [0.2, 0.25) is 0 Å². The summed E-state index contributed by atoms with van der Waals surface area (Å²) in [5.41, 5.74) is 2.99. The summed E-state index contributed by atoms with van der Waals surface area (Å²) in [7, 11) is 1.60. The lowest BCUT2D eigenvalue weighted by Gasteiger charge is -2.27. The smallest absolute Gasteiger partial charge is 0.273 e. The van der Waals surface area contributed by atoms with E-state index in [4.69, 9.17) is 9.47 Å². The molecule has 0 spiro atoms. The largest absolute Gasteiger partial charge is 0.507 e. The van der Waals surface area contributed by atoms with Gasteiger partial charge in [0.05, 0.1) is 19.8 Å². The van der Waals surface area contributed by atoms with Crippen LogP contribution in [0.3, 0.4) is 0 Å². The molecule has 1 atom stereocenters. The van der Waals surface area contributed by atoms with Crippen LogP contribution in [0.2, 0.25) is 0 Å². The first-order valence-corrected chi connectivity index (χ1v) is 11.7. The van der Waals surface area contributed by atoms with E-state index in [1.807, 2.05) is 24.3 Å². The number of carbonyl (C=O) groups is 1. The normalized spacial score (nSPS) is 15.0. The van der Waals surface area contributed by atoms with Gasteiger partial charge >= 0.3 is 0 Å². The van der Waals surface area contributed by atoms with Gasteiger partial charge in [0.15, 0.2) is 11.5 Å². The Morgan fingerprint density at radius 2 is 1.94 bits per heavy atom. The average Bonchev–Trinajstić information content (AvgIpc) is 3.39. The van der Waals surface area contributed by atoms with Crippen molar-refractivity contribution in [1.29, 1.82) is 0 Å². The van der Waals surface area contributed by atoms with Crippen LogP contribution in [0, 0.1) is 0 Å². The van der Waals surface area contributed by atoms with Crippen molar-refractivity contribution < 1.29 is 24.5 Å². The van der Waals surface area contributed by atoms with E-state index in [2.05, 4.69) is 17.1 Å². The summed E-state index contributed by atoms with van der Waals surface area (Å²) in [4.78, 5) is 15.0. The Morgan fingerprint density at radius 1 is 1.12 bits per heavy atom. The van der Waals surface area contributed by atoms with E-state index in [9.17, 15) is 15.0 Å². The Bertz CT molecular complexity index is 1140. The Balaban J connectivity index is 1.76. The molecule has 1 amide bonds. The molecule has 0 radical (unpaired) electrons. The molecule has 0 saturated carbocycles. The summed E-state index contributed by atoms with van der Waals surface area (Å²) in [6, 6.07) is 12.2. The fourth-order valence-electron chi connectivity index (χ4n) is 4.40. The second-order valence-corrected chi connectivity index (χ2v) is 8.32. The van der Waals surface area contributed by atoms with Crippen molar-refractivity contribution in [3.8, 4) is 28.5 Å². The monoisotopic (exact) mass is 465 g/mol. The Labute approximate surface area is 199 Å². The molecule has 1 aliphatic rings. The number of H-pyrrole nitrogens is 1. The third-order valence-electron chi connectivity index (χ3n) is 6.09. The molecule has 2 aromatic carbocycles. The molecule has 0 saturated heterocycles. The molecule has 0 aliphatic carbocycles. The maximum Gasteiger partial charge on any atom is 0.273 e. The number of benzene rings is 2. The lowest BCUT2D eigenvalue weighted by molar-refractivity contribution is 0.0732. The van der Waals surface area contributed by atoms with Crippen LogP contribution in [0.25, 0.3) is 11.3 Å². The number of nitrogens with zero attached hydrogens (tertiary/aromatic N) is 2. The number of unbranched alkanes of at least 4 members (excludes halogenated alkanes) is 2. The molecule has 3 aromatic rings. The van der Waals surface area contributed by atoms with Gasteiger partial charge in [0.1, 0.15) is 17.1 Å². The number of aromatic hydroxyl groups is 1. The van der Waals surface area contributed by atoms with Gasteiger partial charge in [-0.3, -0.25) is 9.89 Å². The number of aromatic amines is 1. The highest BCUT2D eigenvalue weighted by molar-refractivity contribution is 6.00. The summed E-state index contributed by atoms with van der Waals surface area (Å²) in [6.07, 6.45) is 3.63. The van der Waals surface area contributed by atoms with E-state index in [1.165, 1.54) is 0 Å². The Morgan fingerprint density at radius 3 is 2.68 bits per heavy atom.